The zero-order valence-corrected chi connectivity index (χ0v) is 9.26. The third-order valence-corrected chi connectivity index (χ3v) is 3.12. The molecule has 2 heteroatoms. The van der Waals surface area contributed by atoms with E-state index in [1.54, 1.807) is 0 Å². The summed E-state index contributed by atoms with van der Waals surface area (Å²) >= 11 is 0. The van der Waals surface area contributed by atoms with Crippen molar-refractivity contribution in [3.63, 3.8) is 0 Å². The number of terminal acetylenes is 1. The molecular formula is C12H22N2. The fraction of sp³-hybridized carbons (Fsp3) is 0.833. The first-order chi connectivity index (χ1) is 6.86. The Morgan fingerprint density at radius 3 is 2.71 bits per heavy atom. The fourth-order valence-electron chi connectivity index (χ4n) is 2.02. The maximum atomic E-state index is 5.16. The maximum Gasteiger partial charge on any atom is 0.0574 e. The molecule has 80 valence electrons. The van der Waals surface area contributed by atoms with Crippen molar-refractivity contribution in [3.05, 3.63) is 0 Å². The van der Waals surface area contributed by atoms with E-state index in [0.717, 1.165) is 19.0 Å². The van der Waals surface area contributed by atoms with Gasteiger partial charge in [-0.05, 0) is 31.8 Å². The Kier molecular flexibility index (Phi) is 5.66. The second-order valence-corrected chi connectivity index (χ2v) is 4.07. The van der Waals surface area contributed by atoms with Crippen molar-refractivity contribution in [1.82, 2.24) is 10.2 Å². The number of nitrogens with zero attached hydrogens (tertiary/aromatic N) is 1. The van der Waals surface area contributed by atoms with Gasteiger partial charge in [0.25, 0.3) is 0 Å². The summed E-state index contributed by atoms with van der Waals surface area (Å²) in [5.41, 5.74) is 0. The monoisotopic (exact) mass is 194 g/mol. The Morgan fingerprint density at radius 2 is 2.14 bits per heavy atom. The minimum absolute atomic E-state index is 0.700. The quantitative estimate of drug-likeness (QED) is 0.525. The summed E-state index contributed by atoms with van der Waals surface area (Å²) in [7, 11) is 0. The van der Waals surface area contributed by atoms with E-state index < -0.39 is 0 Å². The summed E-state index contributed by atoms with van der Waals surface area (Å²) in [5, 5.41) is 3.23. The van der Waals surface area contributed by atoms with Crippen molar-refractivity contribution in [2.45, 2.75) is 26.2 Å². The normalized spacial score (nSPS) is 19.4. The molecule has 1 fully saturated rings. The van der Waals surface area contributed by atoms with Crippen molar-refractivity contribution < 1.29 is 0 Å². The molecule has 14 heavy (non-hydrogen) atoms. The Labute approximate surface area is 88.1 Å². The predicted molar refractivity (Wildman–Crippen MR) is 61.2 cm³/mol. The molecule has 0 aromatic carbocycles. The lowest BCUT2D eigenvalue weighted by Crippen LogP contribution is -2.38. The van der Waals surface area contributed by atoms with Gasteiger partial charge in [-0.1, -0.05) is 19.3 Å². The van der Waals surface area contributed by atoms with Crippen LogP contribution in [0.15, 0.2) is 0 Å². The summed E-state index contributed by atoms with van der Waals surface area (Å²) in [6, 6.07) is 0. The van der Waals surface area contributed by atoms with Crippen molar-refractivity contribution in [2.24, 2.45) is 5.92 Å². The molecule has 0 aliphatic carbocycles. The van der Waals surface area contributed by atoms with Crippen LogP contribution in [0.1, 0.15) is 26.2 Å². The highest BCUT2D eigenvalue weighted by atomic mass is 15.1. The van der Waals surface area contributed by atoms with Gasteiger partial charge >= 0.3 is 0 Å². The van der Waals surface area contributed by atoms with E-state index in [2.05, 4.69) is 23.1 Å². The highest BCUT2D eigenvalue weighted by molar-refractivity contribution is 4.86. The second kappa shape index (κ2) is 6.86. The van der Waals surface area contributed by atoms with Crippen LogP contribution in [0.3, 0.4) is 0 Å². The van der Waals surface area contributed by atoms with Crippen molar-refractivity contribution in [2.75, 3.05) is 32.7 Å². The molecule has 1 aliphatic heterocycles. The zero-order valence-electron chi connectivity index (χ0n) is 9.26. The first-order valence-corrected chi connectivity index (χ1v) is 5.73. The molecular weight excluding hydrogens is 172 g/mol. The minimum atomic E-state index is 0.700. The topological polar surface area (TPSA) is 15.3 Å². The van der Waals surface area contributed by atoms with Crippen molar-refractivity contribution >= 4 is 0 Å². The number of likely N-dealkylation sites (tertiary alicyclic amines) is 1. The van der Waals surface area contributed by atoms with Crippen LogP contribution in [0.2, 0.25) is 0 Å². The lowest BCUT2D eigenvalue weighted by Gasteiger charge is -2.31. The van der Waals surface area contributed by atoms with Crippen LogP contribution >= 0.6 is 0 Å². The van der Waals surface area contributed by atoms with E-state index in [-0.39, 0.29) is 0 Å². The molecule has 0 aromatic heterocycles. The van der Waals surface area contributed by atoms with E-state index in [9.17, 15) is 0 Å². The highest BCUT2D eigenvalue weighted by Crippen LogP contribution is 2.19. The van der Waals surface area contributed by atoms with Crippen molar-refractivity contribution in [3.8, 4) is 12.3 Å². The standard InChI is InChI=1S/C12H22N2/c1-3-7-13-8-11-14-9-5-12(4-2)6-10-14/h1,12-13H,4-11H2,2H3. The SMILES string of the molecule is C#CCNCCN1CCC(CC)CC1. The first-order valence-electron chi connectivity index (χ1n) is 5.73. The molecule has 2 nitrogen and oxygen atoms in total. The van der Waals surface area contributed by atoms with Gasteiger partial charge in [-0.15, -0.1) is 6.42 Å². The third kappa shape index (κ3) is 4.13. The summed E-state index contributed by atoms with van der Waals surface area (Å²) in [4.78, 5) is 2.54. The van der Waals surface area contributed by atoms with Gasteiger partial charge in [0.15, 0.2) is 0 Å². The highest BCUT2D eigenvalue weighted by Gasteiger charge is 2.16. The van der Waals surface area contributed by atoms with Crippen LogP contribution in [0, 0.1) is 18.3 Å². The van der Waals surface area contributed by atoms with Gasteiger partial charge in [0.2, 0.25) is 0 Å². The van der Waals surface area contributed by atoms with Gasteiger partial charge in [0, 0.05) is 13.1 Å². The van der Waals surface area contributed by atoms with E-state index in [0.29, 0.717) is 6.54 Å². The van der Waals surface area contributed by atoms with Gasteiger partial charge < -0.3 is 10.2 Å². The Hall–Kier alpha value is -0.520. The average molecular weight is 194 g/mol. The van der Waals surface area contributed by atoms with Crippen LogP contribution in [0.4, 0.5) is 0 Å². The molecule has 0 amide bonds. The number of hydrogen-bond acceptors (Lipinski definition) is 2. The summed E-state index contributed by atoms with van der Waals surface area (Å²) in [6.45, 7) is 7.73. The van der Waals surface area contributed by atoms with E-state index in [4.69, 9.17) is 6.42 Å². The smallest absolute Gasteiger partial charge is 0.0574 e. The number of nitrogens with one attached hydrogen (secondary N) is 1. The fourth-order valence-corrected chi connectivity index (χ4v) is 2.02. The zero-order chi connectivity index (χ0) is 10.2. The van der Waals surface area contributed by atoms with E-state index >= 15 is 0 Å². The Morgan fingerprint density at radius 1 is 1.43 bits per heavy atom. The van der Waals surface area contributed by atoms with Crippen molar-refractivity contribution in [1.29, 1.82) is 0 Å². The van der Waals surface area contributed by atoms with Crippen LogP contribution in [0.5, 0.6) is 0 Å². The van der Waals surface area contributed by atoms with E-state index in [1.807, 2.05) is 0 Å². The minimum Gasteiger partial charge on any atom is -0.305 e. The van der Waals surface area contributed by atoms with Crippen LogP contribution in [-0.4, -0.2) is 37.6 Å². The predicted octanol–water partition coefficient (Wildman–Crippen LogP) is 1.33. The molecule has 0 atom stereocenters. The summed E-state index contributed by atoms with van der Waals surface area (Å²) in [5.74, 6) is 3.57. The molecule has 1 heterocycles. The van der Waals surface area contributed by atoms with Crippen LogP contribution in [-0.2, 0) is 0 Å². The Balaban J connectivity index is 2.02. The number of piperidine rings is 1. The van der Waals surface area contributed by atoms with E-state index in [1.165, 1.54) is 32.4 Å². The molecule has 0 saturated carbocycles. The van der Waals surface area contributed by atoms with Gasteiger partial charge in [-0.25, -0.2) is 0 Å². The molecule has 0 bridgehead atoms. The van der Waals surface area contributed by atoms with Gasteiger partial charge in [-0.2, -0.15) is 0 Å². The van der Waals surface area contributed by atoms with Gasteiger partial charge in [0.1, 0.15) is 0 Å². The summed E-state index contributed by atoms with van der Waals surface area (Å²) < 4.78 is 0. The molecule has 1 rings (SSSR count). The third-order valence-electron chi connectivity index (χ3n) is 3.12. The van der Waals surface area contributed by atoms with Gasteiger partial charge in [-0.3, -0.25) is 0 Å². The average Bonchev–Trinajstić information content (AvgIpc) is 2.25. The number of rotatable bonds is 5. The molecule has 1 saturated heterocycles. The molecule has 0 radical (unpaired) electrons. The molecule has 1 N–H and O–H groups in total. The largest absolute Gasteiger partial charge is 0.305 e. The lowest BCUT2D eigenvalue weighted by molar-refractivity contribution is 0.183. The molecule has 0 spiro atoms. The molecule has 0 aromatic rings. The van der Waals surface area contributed by atoms with Gasteiger partial charge in [0.05, 0.1) is 6.54 Å². The number of hydrogen-bond donors (Lipinski definition) is 1. The van der Waals surface area contributed by atoms with Crippen LogP contribution < -0.4 is 5.32 Å². The lowest BCUT2D eigenvalue weighted by atomic mass is 9.94. The van der Waals surface area contributed by atoms with Crippen LogP contribution in [0.25, 0.3) is 0 Å². The molecule has 0 unspecified atom stereocenters. The summed E-state index contributed by atoms with van der Waals surface area (Å²) in [6.07, 6.45) is 9.27. The Bertz CT molecular complexity index is 175. The molecule has 1 aliphatic rings. The second-order valence-electron chi connectivity index (χ2n) is 4.07. The maximum absolute atomic E-state index is 5.16. The first kappa shape index (κ1) is 11.6.